The lowest BCUT2D eigenvalue weighted by molar-refractivity contribution is -0.385. The highest BCUT2D eigenvalue weighted by atomic mass is 16.6. The van der Waals surface area contributed by atoms with Crippen molar-refractivity contribution in [1.82, 2.24) is 4.90 Å². The van der Waals surface area contributed by atoms with Gasteiger partial charge in [-0.25, -0.2) is 0 Å². The van der Waals surface area contributed by atoms with Crippen LogP contribution < -0.4 is 0 Å². The van der Waals surface area contributed by atoms with Gasteiger partial charge in [-0.05, 0) is 17.7 Å². The molecule has 0 fully saturated rings. The minimum Gasteiger partial charge on any atom is -0.503 e. The molecule has 1 aliphatic rings. The molecule has 0 radical (unpaired) electrons. The van der Waals surface area contributed by atoms with Crippen LogP contribution >= 0.6 is 0 Å². The quantitative estimate of drug-likeness (QED) is 0.423. The topological polar surface area (TPSA) is 121 Å². The number of nitrogens with zero attached hydrogens (tertiary/aromatic N) is 2. The summed E-state index contributed by atoms with van der Waals surface area (Å²) in [5.74, 6) is -2.29. The molecule has 1 heterocycles. The van der Waals surface area contributed by atoms with E-state index >= 15 is 0 Å². The van der Waals surface area contributed by atoms with Crippen LogP contribution in [0.5, 0.6) is 0 Å². The van der Waals surface area contributed by atoms with Gasteiger partial charge in [-0.1, -0.05) is 48.5 Å². The minimum absolute atomic E-state index is 0.0832. The number of aliphatic hydroxyl groups is 2. The van der Waals surface area contributed by atoms with E-state index in [-0.39, 0.29) is 23.4 Å². The highest BCUT2D eigenvalue weighted by Crippen LogP contribution is 2.41. The van der Waals surface area contributed by atoms with Gasteiger partial charge in [0.05, 0.1) is 28.7 Å². The molecule has 0 saturated carbocycles. The Hall–Kier alpha value is -3.78. The first kappa shape index (κ1) is 20.0. The second kappa shape index (κ2) is 8.49. The van der Waals surface area contributed by atoms with Crippen molar-refractivity contribution in [2.24, 2.45) is 0 Å². The van der Waals surface area contributed by atoms with Gasteiger partial charge in [0.25, 0.3) is 11.6 Å². The number of allylic oxidation sites excluding steroid dienone is 1. The number of para-hydroxylation sites is 1. The fourth-order valence-electron chi connectivity index (χ4n) is 3.28. The molecular formula is C21H18N2O6. The Bertz CT molecular complexity index is 1010. The zero-order valence-corrected chi connectivity index (χ0v) is 15.3. The van der Waals surface area contributed by atoms with Gasteiger partial charge in [-0.3, -0.25) is 19.7 Å². The standard InChI is InChI=1S/C21H18N2O6/c24-13-12-22-19(15-8-4-5-9-16(15)23(28)29)18(20(26)21(22)27)17(25)11-10-14-6-2-1-3-7-14/h1-11,19,24,26H,12-13H2/b11-10+. The van der Waals surface area contributed by atoms with Crippen molar-refractivity contribution in [2.75, 3.05) is 13.2 Å². The maximum Gasteiger partial charge on any atom is 0.290 e. The Morgan fingerprint density at radius 1 is 1.14 bits per heavy atom. The molecule has 0 aromatic heterocycles. The van der Waals surface area contributed by atoms with E-state index in [1.165, 1.54) is 30.4 Å². The highest BCUT2D eigenvalue weighted by Gasteiger charge is 2.44. The average Bonchev–Trinajstić information content (AvgIpc) is 2.98. The maximum absolute atomic E-state index is 12.9. The number of carbonyl (C=O) groups is 2. The number of amides is 1. The number of hydrogen-bond acceptors (Lipinski definition) is 6. The van der Waals surface area contributed by atoms with Crippen LogP contribution in [0.2, 0.25) is 0 Å². The molecule has 2 aromatic carbocycles. The summed E-state index contributed by atoms with van der Waals surface area (Å²) in [7, 11) is 0. The molecule has 2 N–H and O–H groups in total. The molecule has 29 heavy (non-hydrogen) atoms. The van der Waals surface area contributed by atoms with Crippen LogP contribution in [0.4, 0.5) is 5.69 Å². The molecule has 148 valence electrons. The number of nitro benzene ring substituents is 1. The lowest BCUT2D eigenvalue weighted by Gasteiger charge is -2.25. The monoisotopic (exact) mass is 394 g/mol. The Kier molecular flexibility index (Phi) is 5.85. The normalized spacial score (nSPS) is 16.7. The first-order valence-corrected chi connectivity index (χ1v) is 8.81. The van der Waals surface area contributed by atoms with Crippen LogP contribution in [0.3, 0.4) is 0 Å². The number of aliphatic hydroxyl groups excluding tert-OH is 2. The predicted molar refractivity (Wildman–Crippen MR) is 105 cm³/mol. The minimum atomic E-state index is -1.18. The van der Waals surface area contributed by atoms with E-state index in [1.54, 1.807) is 30.3 Å². The summed E-state index contributed by atoms with van der Waals surface area (Å²) in [6, 6.07) is 13.5. The third-order valence-corrected chi connectivity index (χ3v) is 4.56. The van der Waals surface area contributed by atoms with Crippen LogP contribution in [0.1, 0.15) is 17.2 Å². The summed E-state index contributed by atoms with van der Waals surface area (Å²) in [6.45, 7) is -0.629. The van der Waals surface area contributed by atoms with Gasteiger partial charge in [-0.15, -0.1) is 0 Å². The zero-order chi connectivity index (χ0) is 21.0. The van der Waals surface area contributed by atoms with E-state index in [0.717, 1.165) is 10.5 Å². The largest absolute Gasteiger partial charge is 0.503 e. The third-order valence-electron chi connectivity index (χ3n) is 4.56. The molecule has 1 aliphatic heterocycles. The van der Waals surface area contributed by atoms with Crippen molar-refractivity contribution in [1.29, 1.82) is 0 Å². The smallest absolute Gasteiger partial charge is 0.290 e. The summed E-state index contributed by atoms with van der Waals surface area (Å²) in [5.41, 5.74) is 0.268. The number of nitro groups is 1. The average molecular weight is 394 g/mol. The van der Waals surface area contributed by atoms with Crippen LogP contribution in [-0.4, -0.2) is 44.9 Å². The molecule has 0 saturated heterocycles. The van der Waals surface area contributed by atoms with Gasteiger partial charge in [0, 0.05) is 12.6 Å². The van der Waals surface area contributed by atoms with Gasteiger partial charge >= 0.3 is 0 Å². The Morgan fingerprint density at radius 2 is 1.79 bits per heavy atom. The fraction of sp³-hybridized carbons (Fsp3) is 0.143. The van der Waals surface area contributed by atoms with E-state index in [0.29, 0.717) is 0 Å². The number of carbonyl (C=O) groups excluding carboxylic acids is 2. The van der Waals surface area contributed by atoms with E-state index in [2.05, 4.69) is 0 Å². The second-order valence-electron chi connectivity index (χ2n) is 6.31. The SMILES string of the molecule is O=C(/C=C/c1ccccc1)C1=C(O)C(=O)N(CCO)C1c1ccccc1[N+](=O)[O-]. The van der Waals surface area contributed by atoms with Crippen LogP contribution in [0.15, 0.2) is 72.0 Å². The van der Waals surface area contributed by atoms with Gasteiger partial charge in [0.15, 0.2) is 11.5 Å². The molecule has 1 amide bonds. The molecule has 8 nitrogen and oxygen atoms in total. The van der Waals surface area contributed by atoms with Gasteiger partial charge < -0.3 is 15.1 Å². The van der Waals surface area contributed by atoms with Crippen LogP contribution in [-0.2, 0) is 9.59 Å². The summed E-state index contributed by atoms with van der Waals surface area (Å²) in [5, 5.41) is 31.2. The predicted octanol–water partition coefficient (Wildman–Crippen LogP) is 2.57. The molecule has 0 spiro atoms. The van der Waals surface area contributed by atoms with Crippen molar-refractivity contribution >= 4 is 23.5 Å². The van der Waals surface area contributed by atoms with Crippen LogP contribution in [0, 0.1) is 10.1 Å². The second-order valence-corrected chi connectivity index (χ2v) is 6.31. The van der Waals surface area contributed by atoms with E-state index < -0.39 is 35.0 Å². The number of ketones is 1. The summed E-state index contributed by atoms with van der Waals surface area (Å²) < 4.78 is 0. The van der Waals surface area contributed by atoms with Gasteiger partial charge in [0.1, 0.15) is 0 Å². The highest BCUT2D eigenvalue weighted by molar-refractivity contribution is 6.14. The van der Waals surface area contributed by atoms with Gasteiger partial charge in [-0.2, -0.15) is 0 Å². The molecule has 2 aromatic rings. The first-order chi connectivity index (χ1) is 14.0. The molecule has 3 rings (SSSR count). The lowest BCUT2D eigenvalue weighted by atomic mass is 9.94. The van der Waals surface area contributed by atoms with Gasteiger partial charge in [0.2, 0.25) is 0 Å². The number of hydrogen-bond donors (Lipinski definition) is 2. The Labute approximate surface area is 166 Å². The zero-order valence-electron chi connectivity index (χ0n) is 15.3. The number of rotatable bonds is 7. The first-order valence-electron chi connectivity index (χ1n) is 8.81. The van der Waals surface area contributed by atoms with Crippen molar-refractivity contribution < 1.29 is 24.7 Å². The van der Waals surface area contributed by atoms with Crippen molar-refractivity contribution in [3.63, 3.8) is 0 Å². The molecule has 1 unspecified atom stereocenters. The van der Waals surface area contributed by atoms with Crippen molar-refractivity contribution in [3.8, 4) is 0 Å². The Morgan fingerprint density at radius 3 is 2.45 bits per heavy atom. The summed E-state index contributed by atoms with van der Waals surface area (Å²) in [6.07, 6.45) is 2.73. The molecular weight excluding hydrogens is 376 g/mol. The molecule has 1 atom stereocenters. The van der Waals surface area contributed by atoms with E-state index in [9.17, 15) is 29.9 Å². The van der Waals surface area contributed by atoms with E-state index in [4.69, 9.17) is 0 Å². The Balaban J connectivity index is 2.07. The molecule has 0 bridgehead atoms. The third kappa shape index (κ3) is 3.92. The van der Waals surface area contributed by atoms with Crippen LogP contribution in [0.25, 0.3) is 6.08 Å². The summed E-state index contributed by atoms with van der Waals surface area (Å²) >= 11 is 0. The summed E-state index contributed by atoms with van der Waals surface area (Å²) in [4.78, 5) is 37.3. The molecule has 0 aliphatic carbocycles. The number of benzene rings is 2. The number of β-amino-alcohol motifs (C(OH)–C–C–N with tert-alkyl or cyclic N) is 1. The molecule has 8 heteroatoms. The van der Waals surface area contributed by atoms with E-state index in [1.807, 2.05) is 6.07 Å². The van der Waals surface area contributed by atoms with Crippen molar-refractivity contribution in [2.45, 2.75) is 6.04 Å². The lowest BCUT2D eigenvalue weighted by Crippen LogP contribution is -2.33. The van der Waals surface area contributed by atoms with Crippen molar-refractivity contribution in [3.05, 3.63) is 93.2 Å². The fourth-order valence-corrected chi connectivity index (χ4v) is 3.28. The maximum atomic E-state index is 12.9.